The van der Waals surface area contributed by atoms with Crippen LogP contribution < -0.4 is 5.32 Å². The van der Waals surface area contributed by atoms with E-state index in [9.17, 15) is 19.0 Å². The van der Waals surface area contributed by atoms with E-state index in [1.165, 1.54) is 167 Å². The molecule has 0 saturated heterocycles. The summed E-state index contributed by atoms with van der Waals surface area (Å²) in [5.74, 6) is -0.510. The second kappa shape index (κ2) is 52.4. The lowest BCUT2D eigenvalue weighted by molar-refractivity contribution is -0.870. The van der Waals surface area contributed by atoms with Gasteiger partial charge in [-0.05, 0) is 70.3 Å². The number of esters is 1. The lowest BCUT2D eigenvalue weighted by Gasteiger charge is -2.27. The van der Waals surface area contributed by atoms with Crippen LogP contribution in [0.15, 0.2) is 48.6 Å². The highest BCUT2D eigenvalue weighted by atomic mass is 31.2. The van der Waals surface area contributed by atoms with Gasteiger partial charge in [0.1, 0.15) is 19.3 Å². The van der Waals surface area contributed by atoms with Gasteiger partial charge in [-0.1, -0.05) is 250 Å². The average molecular weight is 1030 g/mol. The minimum atomic E-state index is -4.45. The van der Waals surface area contributed by atoms with Crippen LogP contribution in [0.3, 0.4) is 0 Å². The van der Waals surface area contributed by atoms with Crippen molar-refractivity contribution < 1.29 is 37.3 Å². The number of carbonyl (C=O) groups excluding carboxylic acids is 2. The number of nitrogens with one attached hydrogen (secondary N) is 1. The molecule has 0 aromatic rings. The maximum absolute atomic E-state index is 13.5. The van der Waals surface area contributed by atoms with Crippen LogP contribution in [-0.2, 0) is 27.9 Å². The molecule has 0 aromatic carbocycles. The minimum absolute atomic E-state index is 0.0383. The SMILES string of the molecule is CCCCC/C=C\C/C=C\C/C=C\CCCCCCCCC(=O)NC(COP(=O)(O)OCC[N+](C)(C)C)C(/C=C/CCCCCCCCCCCC)OC(=O)CCCCCCCCCCCCCCCCC. The first-order chi connectivity index (χ1) is 34.9. The molecule has 422 valence electrons. The Bertz CT molecular complexity index is 1380. The Morgan fingerprint density at radius 3 is 1.29 bits per heavy atom. The number of amides is 1. The summed E-state index contributed by atoms with van der Waals surface area (Å²) in [7, 11) is 1.49. The highest BCUT2D eigenvalue weighted by Crippen LogP contribution is 2.43. The molecule has 72 heavy (non-hydrogen) atoms. The van der Waals surface area contributed by atoms with Crippen LogP contribution in [0.4, 0.5) is 0 Å². The number of nitrogens with zero attached hydrogens (tertiary/aromatic N) is 1. The van der Waals surface area contributed by atoms with Crippen LogP contribution in [0.1, 0.15) is 284 Å². The zero-order valence-corrected chi connectivity index (χ0v) is 49.1. The molecule has 3 unspecified atom stereocenters. The van der Waals surface area contributed by atoms with Crippen LogP contribution >= 0.6 is 7.82 Å². The third-order valence-corrected chi connectivity index (χ3v) is 14.5. The Balaban J connectivity index is 5.29. The summed E-state index contributed by atoms with van der Waals surface area (Å²) in [6, 6.07) is -0.852. The molecule has 0 saturated carbocycles. The van der Waals surface area contributed by atoms with E-state index in [1.807, 2.05) is 33.3 Å². The van der Waals surface area contributed by atoms with Crippen LogP contribution in [-0.4, -0.2) is 74.3 Å². The molecule has 3 atom stereocenters. The predicted octanol–water partition coefficient (Wildman–Crippen LogP) is 18.5. The first-order valence-electron chi connectivity index (χ1n) is 30.5. The number of likely N-dealkylation sites (N-methyl/N-ethyl adjacent to an activating group) is 1. The Hall–Kier alpha value is -2.03. The van der Waals surface area contributed by atoms with Gasteiger partial charge in [0.25, 0.3) is 0 Å². The molecule has 0 rings (SSSR count). The predicted molar refractivity (Wildman–Crippen MR) is 309 cm³/mol. The number of ether oxygens (including phenoxy) is 1. The van der Waals surface area contributed by atoms with Gasteiger partial charge in [-0.25, -0.2) is 4.57 Å². The van der Waals surface area contributed by atoms with Crippen molar-refractivity contribution in [2.45, 2.75) is 296 Å². The standard InChI is InChI=1S/C62H117N2O7P/c1-7-10-13-16-19-22-25-28-30-31-32-33-35-36-39-42-45-48-51-54-61(65)63-59(58-70-72(67,68)69-57-56-64(4,5)6)60(53-50-47-44-41-38-27-24-21-18-15-12-9-3)71-62(66)55-52-49-46-43-40-37-34-29-26-23-20-17-14-11-8-2/h19,22,28,30,32-33,50,53,59-60H,7-18,20-21,23-27,29,31,34-49,51-52,54-58H2,1-6H3,(H-,63,65,67,68)/p+1/b22-19-,30-28-,33-32-,53-50+. The van der Waals surface area contributed by atoms with Gasteiger partial charge >= 0.3 is 13.8 Å². The highest BCUT2D eigenvalue weighted by molar-refractivity contribution is 7.47. The van der Waals surface area contributed by atoms with E-state index in [0.29, 0.717) is 23.9 Å². The first-order valence-corrected chi connectivity index (χ1v) is 32.0. The fourth-order valence-corrected chi connectivity index (χ4v) is 9.51. The Labute approximate surface area is 446 Å². The van der Waals surface area contributed by atoms with Crippen LogP contribution in [0.25, 0.3) is 0 Å². The van der Waals surface area contributed by atoms with Crippen molar-refractivity contribution in [3.8, 4) is 0 Å². The molecule has 0 aliphatic carbocycles. The van der Waals surface area contributed by atoms with Gasteiger partial charge in [-0.2, -0.15) is 0 Å². The van der Waals surface area contributed by atoms with Crippen molar-refractivity contribution in [1.82, 2.24) is 5.32 Å². The number of allylic oxidation sites excluding steroid dienone is 7. The smallest absolute Gasteiger partial charge is 0.456 e. The molecular weight excluding hydrogens is 916 g/mol. The third-order valence-electron chi connectivity index (χ3n) is 13.5. The number of hydrogen-bond acceptors (Lipinski definition) is 6. The molecule has 9 nitrogen and oxygen atoms in total. The van der Waals surface area contributed by atoms with E-state index in [2.05, 4.69) is 62.5 Å². The van der Waals surface area contributed by atoms with Crippen LogP contribution in [0, 0.1) is 0 Å². The van der Waals surface area contributed by atoms with Crippen molar-refractivity contribution in [3.05, 3.63) is 48.6 Å². The molecule has 0 heterocycles. The van der Waals surface area contributed by atoms with Gasteiger partial charge in [0.05, 0.1) is 33.8 Å². The minimum Gasteiger partial charge on any atom is -0.456 e. The summed E-state index contributed by atoms with van der Waals surface area (Å²) in [4.78, 5) is 37.7. The second-order valence-electron chi connectivity index (χ2n) is 21.9. The maximum Gasteiger partial charge on any atom is 0.472 e. The zero-order chi connectivity index (χ0) is 52.9. The lowest BCUT2D eigenvalue weighted by atomic mass is 10.0. The average Bonchev–Trinajstić information content (AvgIpc) is 3.34. The van der Waals surface area contributed by atoms with Gasteiger partial charge in [0.2, 0.25) is 5.91 Å². The van der Waals surface area contributed by atoms with Crippen molar-refractivity contribution in [2.75, 3.05) is 40.9 Å². The molecule has 1 amide bonds. The van der Waals surface area contributed by atoms with E-state index in [4.69, 9.17) is 13.8 Å². The normalized spacial score (nSPS) is 14.0. The van der Waals surface area contributed by atoms with Gasteiger partial charge in [0.15, 0.2) is 0 Å². The number of phosphoric ester groups is 1. The molecule has 0 spiro atoms. The quantitative estimate of drug-likeness (QED) is 0.0205. The topological polar surface area (TPSA) is 111 Å². The van der Waals surface area contributed by atoms with Gasteiger partial charge in [-0.3, -0.25) is 18.6 Å². The number of unbranched alkanes of at least 4 members (excludes halogenated alkanes) is 33. The molecule has 2 N–H and O–H groups in total. The second-order valence-corrected chi connectivity index (χ2v) is 23.3. The highest BCUT2D eigenvalue weighted by Gasteiger charge is 2.30. The Morgan fingerprint density at radius 1 is 0.486 bits per heavy atom. The molecule has 0 fully saturated rings. The van der Waals surface area contributed by atoms with Crippen molar-refractivity contribution in [2.24, 2.45) is 0 Å². The van der Waals surface area contributed by atoms with Crippen molar-refractivity contribution in [1.29, 1.82) is 0 Å². The van der Waals surface area contributed by atoms with E-state index < -0.39 is 20.0 Å². The summed E-state index contributed by atoms with van der Waals surface area (Å²) in [5, 5.41) is 3.05. The van der Waals surface area contributed by atoms with Gasteiger partial charge in [-0.15, -0.1) is 0 Å². The summed E-state index contributed by atoms with van der Waals surface area (Å²) in [6.45, 7) is 6.99. The van der Waals surface area contributed by atoms with Crippen molar-refractivity contribution >= 4 is 19.7 Å². The third kappa shape index (κ3) is 52.8. The molecule has 0 aliphatic rings. The van der Waals surface area contributed by atoms with Crippen molar-refractivity contribution in [3.63, 3.8) is 0 Å². The number of carbonyl (C=O) groups is 2. The lowest BCUT2D eigenvalue weighted by Crippen LogP contribution is -2.47. The largest absolute Gasteiger partial charge is 0.472 e. The number of rotatable bonds is 55. The molecule has 0 aromatic heterocycles. The molecular formula is C62H118N2O7P+. The molecule has 0 bridgehead atoms. The van der Waals surface area contributed by atoms with Crippen LogP contribution in [0.2, 0.25) is 0 Å². The summed E-state index contributed by atoms with van der Waals surface area (Å²) < 4.78 is 30.7. The molecule has 0 radical (unpaired) electrons. The zero-order valence-electron chi connectivity index (χ0n) is 48.2. The van der Waals surface area contributed by atoms with Crippen LogP contribution in [0.5, 0.6) is 0 Å². The first kappa shape index (κ1) is 70.0. The number of phosphoric acid groups is 1. The Morgan fingerprint density at radius 2 is 0.847 bits per heavy atom. The van der Waals surface area contributed by atoms with E-state index >= 15 is 0 Å². The number of quaternary nitrogens is 1. The summed E-state index contributed by atoms with van der Waals surface area (Å²) in [5.41, 5.74) is 0. The maximum atomic E-state index is 13.5. The molecule has 0 aliphatic heterocycles. The fourth-order valence-electron chi connectivity index (χ4n) is 8.77. The fraction of sp³-hybridized carbons (Fsp3) is 0.839. The molecule has 10 heteroatoms. The van der Waals surface area contributed by atoms with E-state index in [0.717, 1.165) is 83.5 Å². The monoisotopic (exact) mass is 1030 g/mol. The van der Waals surface area contributed by atoms with Gasteiger partial charge < -0.3 is 19.4 Å². The summed E-state index contributed by atoms with van der Waals surface area (Å²) >= 11 is 0. The van der Waals surface area contributed by atoms with E-state index in [-0.39, 0.29) is 25.1 Å². The van der Waals surface area contributed by atoms with Gasteiger partial charge in [0, 0.05) is 12.8 Å². The summed E-state index contributed by atoms with van der Waals surface area (Å²) in [6.07, 6.45) is 63.8. The Kier molecular flexibility index (Phi) is 50.9. The van der Waals surface area contributed by atoms with E-state index in [1.54, 1.807) is 0 Å². The number of hydrogen-bond donors (Lipinski definition) is 2.